The molecule has 1 aromatic carbocycles. The summed E-state index contributed by atoms with van der Waals surface area (Å²) in [4.78, 5) is 15.4. The molecule has 4 rings (SSSR count). The second-order valence-corrected chi connectivity index (χ2v) is 7.33. The first kappa shape index (κ1) is 22.4. The van der Waals surface area contributed by atoms with Gasteiger partial charge in [-0.05, 0) is 38.5 Å². The quantitative estimate of drug-likeness (QED) is 0.631. The molecule has 156 valence electrons. The van der Waals surface area contributed by atoms with Crippen molar-refractivity contribution in [3.63, 3.8) is 0 Å². The van der Waals surface area contributed by atoms with Crippen LogP contribution in [0, 0.1) is 6.92 Å². The first-order valence-corrected chi connectivity index (χ1v) is 9.77. The van der Waals surface area contributed by atoms with E-state index in [0.717, 1.165) is 27.7 Å². The summed E-state index contributed by atoms with van der Waals surface area (Å²) in [6, 6.07) is 5.82. The number of halogens is 1. The van der Waals surface area contributed by atoms with Crippen LogP contribution in [0.1, 0.15) is 51.0 Å². The van der Waals surface area contributed by atoms with E-state index < -0.39 is 12.1 Å². The molecule has 2 heterocycles. The first-order chi connectivity index (χ1) is 13.7. The number of aliphatic carboxylic acids is 1. The molecular formula is C23H28FNO4. The summed E-state index contributed by atoms with van der Waals surface area (Å²) < 4.78 is 16.9. The van der Waals surface area contributed by atoms with Crippen LogP contribution in [0.25, 0.3) is 16.5 Å². The number of carboxylic acids is 1. The molecule has 0 saturated carbocycles. The third-order valence-electron chi connectivity index (χ3n) is 4.15. The Morgan fingerprint density at radius 3 is 2.55 bits per heavy atom. The Labute approximate surface area is 170 Å². The van der Waals surface area contributed by atoms with Crippen LogP contribution in [0.15, 0.2) is 45.0 Å². The Morgan fingerprint density at radius 1 is 1.34 bits per heavy atom. The smallest absolute Gasteiger partial charge is 0.341 e. The highest BCUT2D eigenvalue weighted by Gasteiger charge is 2.34. The Balaban J connectivity index is 0.000000377. The first-order valence-electron chi connectivity index (χ1n) is 9.77. The fraction of sp³-hybridized carbons (Fsp3) is 0.391. The van der Waals surface area contributed by atoms with E-state index in [1.165, 1.54) is 32.6 Å². The number of aliphatic hydroxyl groups excluding tert-OH is 1. The predicted molar refractivity (Wildman–Crippen MR) is 114 cm³/mol. The lowest BCUT2D eigenvalue weighted by molar-refractivity contribution is -0.132. The zero-order valence-electron chi connectivity index (χ0n) is 17.5. The van der Waals surface area contributed by atoms with Gasteiger partial charge in [-0.1, -0.05) is 32.4 Å². The molecule has 2 N–H and O–H groups in total. The number of aliphatic imine (C=N–C) groups is 1. The number of carbonyl (C=O) groups is 1. The van der Waals surface area contributed by atoms with Crippen molar-refractivity contribution in [1.82, 2.24) is 0 Å². The predicted octanol–water partition coefficient (Wildman–Crippen LogP) is 5.81. The van der Waals surface area contributed by atoms with Crippen LogP contribution in [-0.4, -0.2) is 34.6 Å². The number of carboxylic acid groups (broad SMARTS) is 1. The summed E-state index contributed by atoms with van der Waals surface area (Å²) in [6.45, 7) is 9.25. The average molecular weight is 401 g/mol. The van der Waals surface area contributed by atoms with Crippen molar-refractivity contribution in [2.45, 2.75) is 59.7 Å². The molecule has 0 bridgehead atoms. The minimum absolute atomic E-state index is 0.199. The molecule has 29 heavy (non-hydrogen) atoms. The van der Waals surface area contributed by atoms with Crippen LogP contribution in [0.3, 0.4) is 0 Å². The van der Waals surface area contributed by atoms with Crippen molar-refractivity contribution in [3.05, 3.63) is 52.5 Å². The van der Waals surface area contributed by atoms with Crippen LogP contribution < -0.4 is 0 Å². The van der Waals surface area contributed by atoms with Gasteiger partial charge in [0.1, 0.15) is 22.7 Å². The number of aryl methyl sites for hydroxylation is 1. The Bertz CT molecular complexity index is 979. The van der Waals surface area contributed by atoms with Gasteiger partial charge in [0.2, 0.25) is 0 Å². The SMILES string of the molecule is CC(C)F.CCC.Cc1ccc2c3c(oc2c1)C1=CC(O)=C(C(=O)O)C=NC1C3. The van der Waals surface area contributed by atoms with Gasteiger partial charge in [0.25, 0.3) is 0 Å². The van der Waals surface area contributed by atoms with Crippen molar-refractivity contribution in [2.75, 3.05) is 0 Å². The molecule has 2 aromatic rings. The minimum Gasteiger partial charge on any atom is -0.507 e. The number of rotatable bonds is 1. The molecule has 0 fully saturated rings. The van der Waals surface area contributed by atoms with Gasteiger partial charge in [0, 0.05) is 29.2 Å². The lowest BCUT2D eigenvalue weighted by Gasteiger charge is -2.04. The summed E-state index contributed by atoms with van der Waals surface area (Å²) in [7, 11) is 0. The van der Waals surface area contributed by atoms with E-state index in [9.17, 15) is 14.3 Å². The van der Waals surface area contributed by atoms with Crippen molar-refractivity contribution in [2.24, 2.45) is 4.99 Å². The third kappa shape index (κ3) is 5.13. The normalized spacial score (nSPS) is 16.9. The largest absolute Gasteiger partial charge is 0.507 e. The van der Waals surface area contributed by atoms with Gasteiger partial charge in [0.15, 0.2) is 0 Å². The summed E-state index contributed by atoms with van der Waals surface area (Å²) in [5.41, 5.74) is 3.51. The van der Waals surface area contributed by atoms with Gasteiger partial charge in [0.05, 0.1) is 12.2 Å². The number of hydrogen-bond donors (Lipinski definition) is 2. The van der Waals surface area contributed by atoms with Crippen LogP contribution >= 0.6 is 0 Å². The molecule has 0 saturated heterocycles. The highest BCUT2D eigenvalue weighted by molar-refractivity contribution is 6.10. The maximum atomic E-state index is 11.1. The van der Waals surface area contributed by atoms with Gasteiger partial charge in [-0.2, -0.15) is 0 Å². The summed E-state index contributed by atoms with van der Waals surface area (Å²) in [5, 5.41) is 20.1. The fourth-order valence-electron chi connectivity index (χ4n) is 3.06. The molecule has 0 radical (unpaired) electrons. The standard InChI is InChI=1S/C17H13NO4.C3H7F.C3H8/c1-8-2-3-9-10-5-13-11(16(10)22-15(9)4-8)6-14(19)12(7-18-13)17(20)21;1-3(2)4;1-3-2/h2-4,6-7,13,19H,5H2,1H3,(H,20,21);3H,1-2H3;3H2,1-2H3. The van der Waals surface area contributed by atoms with E-state index in [-0.39, 0.29) is 17.4 Å². The molecule has 1 atom stereocenters. The van der Waals surface area contributed by atoms with Crippen LogP contribution in [0.4, 0.5) is 4.39 Å². The lowest BCUT2D eigenvalue weighted by atomic mass is 10.1. The number of benzene rings is 1. The van der Waals surface area contributed by atoms with E-state index in [1.54, 1.807) is 0 Å². The molecule has 5 nitrogen and oxygen atoms in total. The molecule has 1 aromatic heterocycles. The van der Waals surface area contributed by atoms with Crippen molar-refractivity contribution in [3.8, 4) is 0 Å². The van der Waals surface area contributed by atoms with Crippen LogP contribution in [-0.2, 0) is 11.2 Å². The topological polar surface area (TPSA) is 83.0 Å². The van der Waals surface area contributed by atoms with Crippen molar-refractivity contribution >= 4 is 28.7 Å². The highest BCUT2D eigenvalue weighted by Crippen LogP contribution is 2.42. The van der Waals surface area contributed by atoms with Gasteiger partial charge in [-0.25, -0.2) is 9.18 Å². The molecule has 0 spiro atoms. The Kier molecular flexibility index (Phi) is 7.37. The molecule has 1 aliphatic carbocycles. The highest BCUT2D eigenvalue weighted by atomic mass is 19.1. The number of aliphatic hydroxyl groups is 1. The van der Waals surface area contributed by atoms with Gasteiger partial charge >= 0.3 is 5.97 Å². The second kappa shape index (κ2) is 9.54. The molecular weight excluding hydrogens is 373 g/mol. The second-order valence-electron chi connectivity index (χ2n) is 7.33. The fourth-order valence-corrected chi connectivity index (χ4v) is 3.06. The summed E-state index contributed by atoms with van der Waals surface area (Å²) in [5.74, 6) is -0.794. The summed E-state index contributed by atoms with van der Waals surface area (Å²) >= 11 is 0. The zero-order valence-corrected chi connectivity index (χ0v) is 17.5. The van der Waals surface area contributed by atoms with Gasteiger partial charge in [-0.3, -0.25) is 4.99 Å². The molecule has 2 aliphatic rings. The third-order valence-corrected chi connectivity index (χ3v) is 4.15. The van der Waals surface area contributed by atoms with Crippen LogP contribution in [0.5, 0.6) is 0 Å². The zero-order chi connectivity index (χ0) is 21.7. The lowest BCUT2D eigenvalue weighted by Crippen LogP contribution is -2.06. The number of alkyl halides is 1. The van der Waals surface area contributed by atoms with Crippen molar-refractivity contribution < 1.29 is 23.8 Å². The molecule has 0 amide bonds. The molecule has 1 aliphatic heterocycles. The number of hydrogen-bond acceptors (Lipinski definition) is 4. The Morgan fingerprint density at radius 2 is 1.97 bits per heavy atom. The van der Waals surface area contributed by atoms with E-state index in [2.05, 4.69) is 18.8 Å². The average Bonchev–Trinajstić information content (AvgIpc) is 3.05. The molecule has 6 heteroatoms. The van der Waals surface area contributed by atoms with E-state index in [1.807, 2.05) is 25.1 Å². The number of fused-ring (bicyclic) bond motifs is 5. The maximum Gasteiger partial charge on any atom is 0.341 e. The molecule has 1 unspecified atom stereocenters. The van der Waals surface area contributed by atoms with Crippen molar-refractivity contribution in [1.29, 1.82) is 0 Å². The monoisotopic (exact) mass is 401 g/mol. The van der Waals surface area contributed by atoms with E-state index in [0.29, 0.717) is 12.2 Å². The van der Waals surface area contributed by atoms with E-state index >= 15 is 0 Å². The van der Waals surface area contributed by atoms with Gasteiger partial charge in [-0.15, -0.1) is 0 Å². The number of furan rings is 1. The minimum atomic E-state index is -1.20. The maximum absolute atomic E-state index is 11.1. The number of allylic oxidation sites excluding steroid dienone is 1. The number of nitrogens with zero attached hydrogens (tertiary/aromatic N) is 1. The van der Waals surface area contributed by atoms with E-state index in [4.69, 9.17) is 9.52 Å². The summed E-state index contributed by atoms with van der Waals surface area (Å²) in [6.07, 6.45) is 3.92. The van der Waals surface area contributed by atoms with Gasteiger partial charge < -0.3 is 14.6 Å². The Hall–Kier alpha value is -2.89. The van der Waals surface area contributed by atoms with Crippen LogP contribution in [0.2, 0.25) is 0 Å².